The number of halogens is 3. The molecule has 29 heavy (non-hydrogen) atoms. The van der Waals surface area contributed by atoms with Crippen molar-refractivity contribution in [1.29, 1.82) is 0 Å². The first-order valence-corrected chi connectivity index (χ1v) is 9.53. The molecule has 0 unspecified atom stereocenters. The first-order chi connectivity index (χ1) is 13.5. The largest absolute Gasteiger partial charge is 0.534 e. The first-order valence-electron chi connectivity index (χ1n) is 8.12. The van der Waals surface area contributed by atoms with Crippen LogP contribution in [0.25, 0.3) is 0 Å². The number of nitrogens with zero attached hydrogens (tertiary/aromatic N) is 2. The lowest BCUT2D eigenvalue weighted by Crippen LogP contribution is -2.59. The van der Waals surface area contributed by atoms with Gasteiger partial charge in [-0.25, -0.2) is 14.6 Å². The second kappa shape index (κ2) is 7.51. The maximum Gasteiger partial charge on any atom is 0.534 e. The van der Waals surface area contributed by atoms with Crippen LogP contribution >= 0.6 is 0 Å². The minimum atomic E-state index is -6.02. The lowest BCUT2D eigenvalue weighted by molar-refractivity contribution is -0.217. The summed E-state index contributed by atoms with van der Waals surface area (Å²) in [5.74, 6) is -4.91. The highest BCUT2D eigenvalue weighted by atomic mass is 32.2. The van der Waals surface area contributed by atoms with Gasteiger partial charge >= 0.3 is 33.5 Å². The van der Waals surface area contributed by atoms with Crippen LogP contribution in [0.15, 0.2) is 30.5 Å². The summed E-state index contributed by atoms with van der Waals surface area (Å²) >= 11 is 0. The molecule has 0 atom stereocenters. The third-order valence-electron chi connectivity index (χ3n) is 3.88. The molecule has 158 valence electrons. The summed E-state index contributed by atoms with van der Waals surface area (Å²) in [6.45, 7) is 0.145. The second-order valence-corrected chi connectivity index (χ2v) is 7.42. The molecule has 1 saturated heterocycles. The van der Waals surface area contributed by atoms with E-state index >= 15 is 0 Å². The third-order valence-corrected chi connectivity index (χ3v) is 4.83. The molecule has 1 aromatic heterocycles. The van der Waals surface area contributed by atoms with Crippen LogP contribution in [0, 0.1) is 0 Å². The van der Waals surface area contributed by atoms with Crippen molar-refractivity contribution in [1.82, 2.24) is 10.3 Å². The fraction of sp³-hybridized carbons (Fsp3) is 0.400. The van der Waals surface area contributed by atoms with Gasteiger partial charge in [0.05, 0.1) is 6.54 Å². The molecule has 14 heteroatoms. The molecule has 1 fully saturated rings. The highest BCUT2D eigenvalue weighted by Gasteiger charge is 2.51. The standard InChI is InChI=1S/C15H14F3N3O7S/c16-15(17,18)29(24,25)28-13-10(3-1-7-20-13)21-8-2-6-19-9-14(21)26-11(22)4-5-12(23)27-14/h1,3-5,7,19H,2,6,8-9H2. The molecule has 0 saturated carbocycles. The van der Waals surface area contributed by atoms with Gasteiger partial charge in [-0.05, 0) is 25.1 Å². The van der Waals surface area contributed by atoms with Crippen molar-refractivity contribution in [3.8, 4) is 5.88 Å². The Balaban J connectivity index is 2.08. The van der Waals surface area contributed by atoms with Gasteiger partial charge in [-0.3, -0.25) is 4.90 Å². The molecule has 2 aliphatic rings. The lowest BCUT2D eigenvalue weighted by atomic mass is 10.2. The summed E-state index contributed by atoms with van der Waals surface area (Å²) in [7, 11) is -6.02. The van der Waals surface area contributed by atoms with Crippen LogP contribution in [-0.2, 0) is 29.2 Å². The van der Waals surface area contributed by atoms with Gasteiger partial charge in [0.25, 0.3) is 5.88 Å². The Hall–Kier alpha value is -2.87. The summed E-state index contributed by atoms with van der Waals surface area (Å²) in [5.41, 5.74) is -5.98. The predicted molar refractivity (Wildman–Crippen MR) is 88.7 cm³/mol. The Labute approximate surface area is 162 Å². The molecule has 0 aliphatic carbocycles. The molecule has 1 N–H and O–H groups in total. The average Bonchev–Trinajstić information content (AvgIpc) is 2.90. The number of hydrogen-bond acceptors (Lipinski definition) is 10. The molecule has 0 radical (unpaired) electrons. The zero-order chi connectivity index (χ0) is 21.3. The number of carbonyl (C=O) groups is 2. The van der Waals surface area contributed by atoms with Crippen molar-refractivity contribution in [2.75, 3.05) is 24.5 Å². The van der Waals surface area contributed by atoms with E-state index in [-0.39, 0.29) is 18.8 Å². The molecule has 3 rings (SSSR count). The Kier molecular flexibility index (Phi) is 5.40. The van der Waals surface area contributed by atoms with Crippen LogP contribution in [0.3, 0.4) is 0 Å². The number of anilines is 1. The van der Waals surface area contributed by atoms with E-state index in [1.54, 1.807) is 0 Å². The number of hydrogen-bond donors (Lipinski definition) is 1. The Morgan fingerprint density at radius 3 is 2.48 bits per heavy atom. The number of ether oxygens (including phenoxy) is 2. The van der Waals surface area contributed by atoms with Crippen molar-refractivity contribution >= 4 is 27.7 Å². The van der Waals surface area contributed by atoms with E-state index in [1.807, 2.05) is 0 Å². The fourth-order valence-electron chi connectivity index (χ4n) is 2.70. The summed E-state index contributed by atoms with van der Waals surface area (Å²) in [6.07, 6.45) is 3.05. The smallest absolute Gasteiger partial charge is 0.399 e. The van der Waals surface area contributed by atoms with Crippen LogP contribution in [-0.4, -0.2) is 56.4 Å². The van der Waals surface area contributed by atoms with Gasteiger partial charge < -0.3 is 19.0 Å². The normalized spacial score (nSPS) is 19.9. The number of aromatic nitrogens is 1. The minimum absolute atomic E-state index is 0.00167. The molecule has 0 bridgehead atoms. The number of alkyl halides is 3. The fourth-order valence-corrected chi connectivity index (χ4v) is 3.13. The Morgan fingerprint density at radius 1 is 1.21 bits per heavy atom. The Bertz CT molecular complexity index is 929. The van der Waals surface area contributed by atoms with E-state index in [0.29, 0.717) is 13.0 Å². The summed E-state index contributed by atoms with van der Waals surface area (Å²) < 4.78 is 75.8. The van der Waals surface area contributed by atoms with Crippen molar-refractivity contribution < 1.29 is 44.8 Å². The topological polar surface area (TPSA) is 124 Å². The maximum atomic E-state index is 12.8. The number of pyridine rings is 1. The minimum Gasteiger partial charge on any atom is -0.399 e. The molecule has 2 aliphatic heterocycles. The zero-order valence-corrected chi connectivity index (χ0v) is 15.3. The van der Waals surface area contributed by atoms with Gasteiger partial charge in [-0.1, -0.05) is 0 Å². The van der Waals surface area contributed by atoms with Crippen molar-refractivity contribution in [3.63, 3.8) is 0 Å². The van der Waals surface area contributed by atoms with Crippen LogP contribution in [0.4, 0.5) is 18.9 Å². The second-order valence-electron chi connectivity index (χ2n) is 5.88. The quantitative estimate of drug-likeness (QED) is 0.404. The third kappa shape index (κ3) is 4.27. The highest BCUT2D eigenvalue weighted by Crippen LogP contribution is 2.37. The highest BCUT2D eigenvalue weighted by molar-refractivity contribution is 7.88. The van der Waals surface area contributed by atoms with Crippen molar-refractivity contribution in [2.24, 2.45) is 0 Å². The van der Waals surface area contributed by atoms with E-state index in [2.05, 4.69) is 14.5 Å². The van der Waals surface area contributed by atoms with Gasteiger partial charge in [0.1, 0.15) is 5.69 Å². The number of esters is 2. The number of rotatable bonds is 3. The molecule has 1 aromatic rings. The van der Waals surface area contributed by atoms with E-state index < -0.39 is 39.4 Å². The first kappa shape index (κ1) is 20.9. The molecule has 0 aromatic carbocycles. The van der Waals surface area contributed by atoms with E-state index in [9.17, 15) is 31.2 Å². The molecular weight excluding hydrogens is 423 g/mol. The molecular formula is C15H14F3N3O7S. The number of carbonyl (C=O) groups excluding carboxylic acids is 2. The summed E-state index contributed by atoms with van der Waals surface area (Å²) in [5, 5.41) is 2.89. The lowest BCUT2D eigenvalue weighted by Gasteiger charge is -2.40. The Morgan fingerprint density at radius 2 is 1.86 bits per heavy atom. The van der Waals surface area contributed by atoms with E-state index in [1.165, 1.54) is 12.1 Å². The molecule has 0 amide bonds. The monoisotopic (exact) mass is 437 g/mol. The van der Waals surface area contributed by atoms with Crippen LogP contribution in [0.1, 0.15) is 6.42 Å². The number of nitrogens with one attached hydrogen (secondary N) is 1. The van der Waals surface area contributed by atoms with Crippen LogP contribution < -0.4 is 14.4 Å². The van der Waals surface area contributed by atoms with Gasteiger partial charge in [-0.15, -0.1) is 0 Å². The van der Waals surface area contributed by atoms with Gasteiger partial charge in [0.2, 0.25) is 0 Å². The summed E-state index contributed by atoms with van der Waals surface area (Å²) in [6, 6.07) is 2.49. The van der Waals surface area contributed by atoms with Crippen molar-refractivity contribution in [2.45, 2.75) is 17.8 Å². The van der Waals surface area contributed by atoms with Gasteiger partial charge in [-0.2, -0.15) is 21.6 Å². The summed E-state index contributed by atoms with van der Waals surface area (Å²) in [4.78, 5) is 28.6. The molecule has 1 spiro atoms. The predicted octanol–water partition coefficient (Wildman–Crippen LogP) is 0.420. The van der Waals surface area contributed by atoms with E-state index in [0.717, 1.165) is 23.2 Å². The van der Waals surface area contributed by atoms with Crippen LogP contribution in [0.2, 0.25) is 0 Å². The molecule has 10 nitrogen and oxygen atoms in total. The molecule has 3 heterocycles. The average molecular weight is 437 g/mol. The zero-order valence-electron chi connectivity index (χ0n) is 14.5. The van der Waals surface area contributed by atoms with Gasteiger partial charge in [0, 0.05) is 24.9 Å². The van der Waals surface area contributed by atoms with Crippen LogP contribution in [0.5, 0.6) is 5.88 Å². The van der Waals surface area contributed by atoms with E-state index in [4.69, 9.17) is 9.47 Å². The maximum absolute atomic E-state index is 12.8. The van der Waals surface area contributed by atoms with Crippen molar-refractivity contribution in [3.05, 3.63) is 30.5 Å². The SMILES string of the molecule is O=C1C=CC(=O)OC2(CNCCCN2c2cccnc2OS(=O)(=O)C(F)(F)F)O1. The van der Waals surface area contributed by atoms with Gasteiger partial charge in [0.15, 0.2) is 0 Å².